The van der Waals surface area contributed by atoms with E-state index in [9.17, 15) is 8.42 Å². The Kier molecular flexibility index (Phi) is 3.91. The highest BCUT2D eigenvalue weighted by Crippen LogP contribution is 2.11. The van der Waals surface area contributed by atoms with Gasteiger partial charge in [-0.3, -0.25) is 0 Å². The Balaban J connectivity index is 2.22. The zero-order valence-electron chi connectivity index (χ0n) is 10.2. The van der Waals surface area contributed by atoms with Crippen LogP contribution >= 0.6 is 0 Å². The predicted octanol–water partition coefficient (Wildman–Crippen LogP) is 1.90. The number of ether oxygens (including phenoxy) is 1. The lowest BCUT2D eigenvalue weighted by atomic mass is 10.2. The lowest BCUT2D eigenvalue weighted by molar-refractivity contribution is 0.415. The third kappa shape index (κ3) is 3.38. The molecule has 0 atom stereocenters. The molecule has 1 heterocycles. The highest BCUT2D eigenvalue weighted by molar-refractivity contribution is 7.90. The minimum absolute atomic E-state index is 0.0697. The molecule has 1 aromatic carbocycles. The third-order valence-electron chi connectivity index (χ3n) is 2.36. The highest BCUT2D eigenvalue weighted by atomic mass is 32.2. The maximum absolute atomic E-state index is 11.8. The molecule has 98 valence electrons. The van der Waals surface area contributed by atoms with E-state index in [1.807, 2.05) is 0 Å². The van der Waals surface area contributed by atoms with Crippen molar-refractivity contribution in [1.82, 2.24) is 4.98 Å². The lowest BCUT2D eigenvalue weighted by Crippen LogP contribution is -2.00. The maximum atomic E-state index is 11.8. The van der Waals surface area contributed by atoms with Crippen molar-refractivity contribution in [3.63, 3.8) is 0 Å². The second-order valence-electron chi connectivity index (χ2n) is 3.65. The van der Waals surface area contributed by atoms with Crippen molar-refractivity contribution < 1.29 is 13.2 Å². The summed E-state index contributed by atoms with van der Waals surface area (Å²) in [5.41, 5.74) is 0.667. The van der Waals surface area contributed by atoms with Crippen LogP contribution in [-0.4, -0.2) is 26.7 Å². The topological polar surface area (TPSA) is 68.6 Å². The fourth-order valence-electron chi connectivity index (χ4n) is 1.37. The number of hydrogen-bond acceptors (Lipinski definition) is 4. The summed E-state index contributed by atoms with van der Waals surface area (Å²) in [5.74, 6) is 0.699. The van der Waals surface area contributed by atoms with Crippen molar-refractivity contribution in [3.8, 4) is 5.75 Å². The van der Waals surface area contributed by atoms with Crippen LogP contribution in [0.3, 0.4) is 0 Å². The van der Waals surface area contributed by atoms with E-state index in [1.165, 1.54) is 18.5 Å². The van der Waals surface area contributed by atoms with Crippen LogP contribution in [0, 0.1) is 0 Å². The van der Waals surface area contributed by atoms with E-state index in [4.69, 9.17) is 4.74 Å². The zero-order valence-corrected chi connectivity index (χ0v) is 11.0. The average Bonchev–Trinajstić information content (AvgIpc) is 2.47. The van der Waals surface area contributed by atoms with E-state index in [2.05, 4.69) is 9.38 Å². The minimum Gasteiger partial charge on any atom is -0.497 e. The molecule has 0 saturated carbocycles. The van der Waals surface area contributed by atoms with Gasteiger partial charge in [-0.25, -0.2) is 4.98 Å². The molecule has 2 aromatic rings. The van der Waals surface area contributed by atoms with E-state index < -0.39 is 10.0 Å². The van der Waals surface area contributed by atoms with Crippen LogP contribution < -0.4 is 4.74 Å². The normalized spacial score (nSPS) is 11.6. The SMILES string of the molecule is COc1ccc(/C=N/S(=O)(=O)c2ccccn2)cc1. The first-order valence-electron chi connectivity index (χ1n) is 5.47. The Hall–Kier alpha value is -2.21. The van der Waals surface area contributed by atoms with E-state index in [0.717, 1.165) is 0 Å². The van der Waals surface area contributed by atoms with Gasteiger partial charge in [0.15, 0.2) is 5.03 Å². The van der Waals surface area contributed by atoms with E-state index in [1.54, 1.807) is 43.5 Å². The summed E-state index contributed by atoms with van der Waals surface area (Å²) in [6, 6.07) is 11.5. The Morgan fingerprint density at radius 2 is 1.89 bits per heavy atom. The second-order valence-corrected chi connectivity index (χ2v) is 5.23. The van der Waals surface area contributed by atoms with Crippen LogP contribution in [0.4, 0.5) is 0 Å². The number of hydrogen-bond donors (Lipinski definition) is 0. The van der Waals surface area contributed by atoms with Crippen LogP contribution in [0.2, 0.25) is 0 Å². The van der Waals surface area contributed by atoms with Crippen molar-refractivity contribution in [3.05, 3.63) is 54.2 Å². The number of pyridine rings is 1. The summed E-state index contributed by atoms with van der Waals surface area (Å²) < 4.78 is 32.3. The van der Waals surface area contributed by atoms with Crippen molar-refractivity contribution in [2.24, 2.45) is 4.40 Å². The van der Waals surface area contributed by atoms with Gasteiger partial charge in [0.2, 0.25) is 0 Å². The fourth-order valence-corrected chi connectivity index (χ4v) is 2.19. The summed E-state index contributed by atoms with van der Waals surface area (Å²) in [4.78, 5) is 3.77. The van der Waals surface area contributed by atoms with Crippen LogP contribution in [0.15, 0.2) is 58.1 Å². The number of benzene rings is 1. The summed E-state index contributed by atoms with van der Waals surface area (Å²) in [6.07, 6.45) is 2.69. The highest BCUT2D eigenvalue weighted by Gasteiger charge is 2.11. The molecule has 0 bridgehead atoms. The molecule has 6 heteroatoms. The second kappa shape index (κ2) is 5.62. The first-order valence-corrected chi connectivity index (χ1v) is 6.91. The number of rotatable bonds is 4. The van der Waals surface area contributed by atoms with Gasteiger partial charge in [-0.15, -0.1) is 0 Å². The number of sulfonamides is 1. The van der Waals surface area contributed by atoms with Crippen LogP contribution in [-0.2, 0) is 10.0 Å². The molecule has 0 saturated heterocycles. The van der Waals surface area contributed by atoms with E-state index >= 15 is 0 Å². The van der Waals surface area contributed by atoms with Gasteiger partial charge >= 0.3 is 0 Å². The van der Waals surface area contributed by atoms with Crippen molar-refractivity contribution >= 4 is 16.2 Å². The number of nitrogens with zero attached hydrogens (tertiary/aromatic N) is 2. The fraction of sp³-hybridized carbons (Fsp3) is 0.0769. The molecular weight excluding hydrogens is 264 g/mol. The smallest absolute Gasteiger partial charge is 0.299 e. The molecule has 2 rings (SSSR count). The largest absolute Gasteiger partial charge is 0.497 e. The first-order chi connectivity index (χ1) is 9.12. The zero-order chi connectivity index (χ0) is 13.7. The lowest BCUT2D eigenvalue weighted by Gasteiger charge is -1.99. The molecule has 0 aliphatic carbocycles. The van der Waals surface area contributed by atoms with Gasteiger partial charge in [0.1, 0.15) is 5.75 Å². The Morgan fingerprint density at radius 3 is 2.47 bits per heavy atom. The molecule has 0 unspecified atom stereocenters. The summed E-state index contributed by atoms with van der Waals surface area (Å²) in [7, 11) is -2.18. The number of aromatic nitrogens is 1. The first kappa shape index (κ1) is 13.2. The van der Waals surface area contributed by atoms with Crippen molar-refractivity contribution in [1.29, 1.82) is 0 Å². The van der Waals surface area contributed by atoms with E-state index in [-0.39, 0.29) is 5.03 Å². The quantitative estimate of drug-likeness (QED) is 0.800. The molecule has 5 nitrogen and oxygen atoms in total. The molecule has 0 radical (unpaired) electrons. The number of methoxy groups -OCH3 is 1. The molecule has 0 spiro atoms. The van der Waals surface area contributed by atoms with Gasteiger partial charge in [0, 0.05) is 12.4 Å². The van der Waals surface area contributed by atoms with Gasteiger partial charge in [-0.1, -0.05) is 6.07 Å². The van der Waals surface area contributed by atoms with E-state index in [0.29, 0.717) is 11.3 Å². The summed E-state index contributed by atoms with van der Waals surface area (Å²) in [6.45, 7) is 0. The van der Waals surface area contributed by atoms with Gasteiger partial charge in [0.25, 0.3) is 10.0 Å². The average molecular weight is 276 g/mol. The summed E-state index contributed by atoms with van der Waals surface area (Å²) in [5, 5.41) is -0.0697. The van der Waals surface area contributed by atoms with Crippen molar-refractivity contribution in [2.75, 3.05) is 7.11 Å². The molecule has 0 amide bonds. The monoisotopic (exact) mass is 276 g/mol. The molecule has 0 fully saturated rings. The standard InChI is InChI=1S/C13H12N2O3S/c1-18-12-7-5-11(6-8-12)10-15-19(16,17)13-4-2-3-9-14-13/h2-10H,1H3/b15-10+. The van der Waals surface area contributed by atoms with Crippen LogP contribution in [0.5, 0.6) is 5.75 Å². The molecule has 0 aliphatic rings. The molecule has 0 aliphatic heterocycles. The van der Waals surface area contributed by atoms with Crippen molar-refractivity contribution in [2.45, 2.75) is 5.03 Å². The Labute approximate surface area is 111 Å². The van der Waals surface area contributed by atoms with Gasteiger partial charge < -0.3 is 4.74 Å². The van der Waals surface area contributed by atoms with Gasteiger partial charge in [-0.2, -0.15) is 12.8 Å². The molecule has 0 N–H and O–H groups in total. The third-order valence-corrected chi connectivity index (χ3v) is 3.51. The maximum Gasteiger partial charge on any atom is 0.299 e. The molecular formula is C13H12N2O3S. The van der Waals surface area contributed by atoms with Crippen LogP contribution in [0.25, 0.3) is 0 Å². The molecule has 1 aromatic heterocycles. The Morgan fingerprint density at radius 1 is 1.16 bits per heavy atom. The molecule has 19 heavy (non-hydrogen) atoms. The van der Waals surface area contributed by atoms with Crippen LogP contribution in [0.1, 0.15) is 5.56 Å². The minimum atomic E-state index is -3.75. The summed E-state index contributed by atoms with van der Waals surface area (Å²) >= 11 is 0. The predicted molar refractivity (Wildman–Crippen MR) is 72.0 cm³/mol. The van der Waals surface area contributed by atoms with Gasteiger partial charge in [0.05, 0.1) is 7.11 Å². The Bertz CT molecular complexity index is 665. The van der Waals surface area contributed by atoms with Gasteiger partial charge in [-0.05, 0) is 42.0 Å².